The third-order valence-corrected chi connectivity index (χ3v) is 4.50. The lowest BCUT2D eigenvalue weighted by Gasteiger charge is -2.26. The maximum atomic E-state index is 12.4. The number of rotatable bonds is 1. The minimum atomic E-state index is 0. The highest BCUT2D eigenvalue weighted by Crippen LogP contribution is 2.28. The third-order valence-electron chi connectivity index (χ3n) is 3.31. The molecule has 5 nitrogen and oxygen atoms in total. The number of hydrogen-bond acceptors (Lipinski definition) is 4. The summed E-state index contributed by atoms with van der Waals surface area (Å²) in [6, 6.07) is 1.98. The smallest absolute Gasteiger partial charge is 0.264 e. The molecule has 0 aromatic carbocycles. The van der Waals surface area contributed by atoms with Crippen molar-refractivity contribution in [2.24, 2.45) is 7.05 Å². The summed E-state index contributed by atoms with van der Waals surface area (Å²) in [5.74, 6) is 0.150. The normalized spacial score (nSPS) is 15.6. The standard InChI is InChI=1S/C12H16N4OS.ClH/c1-8-9-7-10(18-12(9)15(2)14-8)11(17)16-5-3-13-4-6-16;/h7,13H,3-6H2,1-2H3;1H. The van der Waals surface area contributed by atoms with Crippen LogP contribution in [-0.2, 0) is 7.05 Å². The van der Waals surface area contributed by atoms with Gasteiger partial charge < -0.3 is 10.2 Å². The van der Waals surface area contributed by atoms with Gasteiger partial charge >= 0.3 is 0 Å². The van der Waals surface area contributed by atoms with Gasteiger partial charge in [-0.05, 0) is 13.0 Å². The minimum absolute atomic E-state index is 0. The second-order valence-corrected chi connectivity index (χ2v) is 5.61. The molecule has 0 unspecified atom stereocenters. The van der Waals surface area contributed by atoms with E-state index in [9.17, 15) is 4.79 Å². The van der Waals surface area contributed by atoms with Gasteiger partial charge in [-0.2, -0.15) is 5.10 Å². The van der Waals surface area contributed by atoms with Crippen molar-refractivity contribution in [2.75, 3.05) is 26.2 Å². The van der Waals surface area contributed by atoms with E-state index in [1.165, 1.54) is 11.3 Å². The van der Waals surface area contributed by atoms with Crippen LogP contribution in [0, 0.1) is 6.92 Å². The lowest BCUT2D eigenvalue weighted by atomic mass is 10.3. The Hall–Kier alpha value is -1.11. The number of thiophene rings is 1. The number of nitrogens with zero attached hydrogens (tertiary/aromatic N) is 3. The van der Waals surface area contributed by atoms with Crippen LogP contribution in [0.1, 0.15) is 15.4 Å². The molecule has 0 atom stereocenters. The number of carbonyl (C=O) groups excluding carboxylic acids is 1. The van der Waals surface area contributed by atoms with Crippen LogP contribution in [0.25, 0.3) is 10.2 Å². The van der Waals surface area contributed by atoms with E-state index in [1.807, 2.05) is 29.6 Å². The number of amides is 1. The average molecular weight is 301 g/mol. The number of hydrogen-bond donors (Lipinski definition) is 1. The summed E-state index contributed by atoms with van der Waals surface area (Å²) in [5.41, 5.74) is 0.989. The predicted molar refractivity (Wildman–Crippen MR) is 79.3 cm³/mol. The van der Waals surface area contributed by atoms with Crippen LogP contribution < -0.4 is 5.32 Å². The second-order valence-electron chi connectivity index (χ2n) is 4.58. The summed E-state index contributed by atoms with van der Waals surface area (Å²) in [6.45, 7) is 5.34. The van der Waals surface area contributed by atoms with Crippen molar-refractivity contribution in [3.05, 3.63) is 16.6 Å². The molecule has 1 saturated heterocycles. The van der Waals surface area contributed by atoms with Gasteiger partial charge in [-0.15, -0.1) is 23.7 Å². The number of aromatic nitrogens is 2. The van der Waals surface area contributed by atoms with Gasteiger partial charge in [0.2, 0.25) is 0 Å². The van der Waals surface area contributed by atoms with Crippen LogP contribution in [0.4, 0.5) is 0 Å². The van der Waals surface area contributed by atoms with Crippen molar-refractivity contribution in [3.8, 4) is 0 Å². The molecular formula is C12H17ClN4OS. The molecule has 1 N–H and O–H groups in total. The van der Waals surface area contributed by atoms with Gasteiger partial charge in [-0.1, -0.05) is 0 Å². The Bertz CT molecular complexity index is 566. The number of carbonyl (C=O) groups is 1. The van der Waals surface area contributed by atoms with Gasteiger partial charge in [0.25, 0.3) is 5.91 Å². The van der Waals surface area contributed by atoms with Crippen molar-refractivity contribution >= 4 is 39.9 Å². The third kappa shape index (κ3) is 2.48. The number of halogens is 1. The zero-order valence-electron chi connectivity index (χ0n) is 11.0. The van der Waals surface area contributed by atoms with Crippen LogP contribution in [0.2, 0.25) is 0 Å². The van der Waals surface area contributed by atoms with E-state index in [0.29, 0.717) is 0 Å². The summed E-state index contributed by atoms with van der Waals surface area (Å²) >= 11 is 1.54. The Balaban J connectivity index is 0.00000133. The molecule has 3 rings (SSSR count). The Labute approximate surface area is 122 Å². The van der Waals surface area contributed by atoms with E-state index in [2.05, 4.69) is 10.4 Å². The van der Waals surface area contributed by atoms with Gasteiger partial charge in [-0.25, -0.2) is 0 Å². The number of nitrogens with one attached hydrogen (secondary N) is 1. The van der Waals surface area contributed by atoms with E-state index in [1.54, 1.807) is 0 Å². The van der Waals surface area contributed by atoms with E-state index >= 15 is 0 Å². The van der Waals surface area contributed by atoms with E-state index in [-0.39, 0.29) is 18.3 Å². The molecule has 7 heteroatoms. The number of aryl methyl sites for hydroxylation is 2. The molecule has 1 fully saturated rings. The molecule has 3 heterocycles. The largest absolute Gasteiger partial charge is 0.335 e. The Morgan fingerprint density at radius 2 is 2.11 bits per heavy atom. The van der Waals surface area contributed by atoms with E-state index < -0.39 is 0 Å². The van der Waals surface area contributed by atoms with Gasteiger partial charge in [0, 0.05) is 38.6 Å². The zero-order chi connectivity index (χ0) is 12.7. The summed E-state index contributed by atoms with van der Waals surface area (Å²) < 4.78 is 1.85. The molecule has 2 aromatic rings. The van der Waals surface area contributed by atoms with Gasteiger partial charge in [0.05, 0.1) is 10.6 Å². The Morgan fingerprint density at radius 1 is 1.42 bits per heavy atom. The highest BCUT2D eigenvalue weighted by atomic mass is 35.5. The first-order chi connectivity index (χ1) is 8.66. The quantitative estimate of drug-likeness (QED) is 0.866. The monoisotopic (exact) mass is 300 g/mol. The Kier molecular flexibility index (Phi) is 4.13. The predicted octanol–water partition coefficient (Wildman–Crippen LogP) is 1.41. The van der Waals surface area contributed by atoms with Crippen molar-refractivity contribution in [1.29, 1.82) is 0 Å². The fraction of sp³-hybridized carbons (Fsp3) is 0.500. The van der Waals surface area contributed by atoms with E-state index in [4.69, 9.17) is 0 Å². The van der Waals surface area contributed by atoms with Gasteiger partial charge in [-0.3, -0.25) is 9.48 Å². The van der Waals surface area contributed by atoms with Crippen molar-refractivity contribution in [1.82, 2.24) is 20.0 Å². The molecule has 2 aromatic heterocycles. The van der Waals surface area contributed by atoms with E-state index in [0.717, 1.165) is 47.0 Å². The minimum Gasteiger partial charge on any atom is -0.335 e. The maximum absolute atomic E-state index is 12.4. The highest BCUT2D eigenvalue weighted by molar-refractivity contribution is 7.20. The van der Waals surface area contributed by atoms with Crippen LogP contribution in [0.3, 0.4) is 0 Å². The molecule has 104 valence electrons. The zero-order valence-corrected chi connectivity index (χ0v) is 12.6. The van der Waals surface area contributed by atoms with Crippen molar-refractivity contribution in [2.45, 2.75) is 6.92 Å². The summed E-state index contributed by atoms with van der Waals surface area (Å²) in [6.07, 6.45) is 0. The fourth-order valence-corrected chi connectivity index (χ4v) is 3.43. The molecule has 0 spiro atoms. The lowest BCUT2D eigenvalue weighted by Crippen LogP contribution is -2.46. The second kappa shape index (κ2) is 5.48. The Morgan fingerprint density at radius 3 is 2.74 bits per heavy atom. The molecular weight excluding hydrogens is 284 g/mol. The van der Waals surface area contributed by atoms with Crippen molar-refractivity contribution < 1.29 is 4.79 Å². The first kappa shape index (κ1) is 14.3. The molecule has 1 aliphatic heterocycles. The first-order valence-corrected chi connectivity index (χ1v) is 6.91. The first-order valence-electron chi connectivity index (χ1n) is 6.10. The molecule has 0 aliphatic carbocycles. The molecule has 1 aliphatic rings. The summed E-state index contributed by atoms with van der Waals surface area (Å²) in [5, 5.41) is 8.71. The summed E-state index contributed by atoms with van der Waals surface area (Å²) in [7, 11) is 1.92. The van der Waals surface area contributed by atoms with Crippen LogP contribution in [-0.4, -0.2) is 46.8 Å². The molecule has 0 radical (unpaired) electrons. The molecule has 0 bridgehead atoms. The SMILES string of the molecule is Cc1nn(C)c2sc(C(=O)N3CCNCC3)cc12.Cl. The average Bonchev–Trinajstić information content (AvgIpc) is 2.93. The molecule has 19 heavy (non-hydrogen) atoms. The molecule has 0 saturated carbocycles. The van der Waals surface area contributed by atoms with Crippen LogP contribution in [0.5, 0.6) is 0 Å². The van der Waals surface area contributed by atoms with Gasteiger partial charge in [0.15, 0.2) is 0 Å². The van der Waals surface area contributed by atoms with Crippen LogP contribution >= 0.6 is 23.7 Å². The highest BCUT2D eigenvalue weighted by Gasteiger charge is 2.21. The van der Waals surface area contributed by atoms with Crippen LogP contribution in [0.15, 0.2) is 6.07 Å². The number of piperazine rings is 1. The molecule has 1 amide bonds. The summed E-state index contributed by atoms with van der Waals surface area (Å²) in [4.78, 5) is 16.2. The maximum Gasteiger partial charge on any atom is 0.264 e. The topological polar surface area (TPSA) is 50.2 Å². The lowest BCUT2D eigenvalue weighted by molar-refractivity contribution is 0.0741. The number of fused-ring (bicyclic) bond motifs is 1. The fourth-order valence-electron chi connectivity index (χ4n) is 2.33. The van der Waals surface area contributed by atoms with Crippen molar-refractivity contribution in [3.63, 3.8) is 0 Å². The van der Waals surface area contributed by atoms with Gasteiger partial charge in [0.1, 0.15) is 4.83 Å².